The summed E-state index contributed by atoms with van der Waals surface area (Å²) in [5.41, 5.74) is 0. The van der Waals surface area contributed by atoms with Gasteiger partial charge in [0.05, 0.1) is 4.90 Å². The zero-order chi connectivity index (χ0) is 9.84. The highest BCUT2D eigenvalue weighted by Gasteiger charge is 2.11. The summed E-state index contributed by atoms with van der Waals surface area (Å²) in [5, 5.41) is 0. The maximum atomic E-state index is 12.9. The van der Waals surface area contributed by atoms with Crippen LogP contribution >= 0.6 is 21.6 Å². The van der Waals surface area contributed by atoms with Crippen molar-refractivity contribution in [1.82, 2.24) is 0 Å². The van der Waals surface area contributed by atoms with Crippen LogP contribution in [0.1, 0.15) is 6.92 Å². The van der Waals surface area contributed by atoms with Crippen LogP contribution in [0.2, 0.25) is 0 Å². The third-order valence-electron chi connectivity index (χ3n) is 1.22. The molecule has 0 saturated heterocycles. The number of hydrogen-bond donors (Lipinski definition) is 0. The van der Waals surface area contributed by atoms with E-state index in [-0.39, 0.29) is 4.90 Å². The lowest BCUT2D eigenvalue weighted by Gasteiger charge is -2.02. The van der Waals surface area contributed by atoms with E-state index in [4.69, 9.17) is 0 Å². The second-order valence-corrected chi connectivity index (χ2v) is 4.78. The van der Waals surface area contributed by atoms with Crippen molar-refractivity contribution >= 4 is 21.6 Å². The molecular weight excluding hydrogens is 217 g/mol. The van der Waals surface area contributed by atoms with Gasteiger partial charge >= 0.3 is 0 Å². The molecule has 0 aliphatic heterocycles. The molecule has 0 amide bonds. The minimum absolute atomic E-state index is 0.131. The van der Waals surface area contributed by atoms with Gasteiger partial charge in [0.1, 0.15) is 17.5 Å². The third kappa shape index (κ3) is 2.84. The lowest BCUT2D eigenvalue weighted by molar-refractivity contribution is 0.511. The Kier molecular flexibility index (Phi) is 3.99. The van der Waals surface area contributed by atoms with Crippen LogP contribution in [0.4, 0.5) is 13.2 Å². The Bertz CT molecular complexity index is 278. The topological polar surface area (TPSA) is 0 Å². The number of halogens is 3. The quantitative estimate of drug-likeness (QED) is 0.715. The highest BCUT2D eigenvalue weighted by atomic mass is 33.1. The zero-order valence-corrected chi connectivity index (χ0v) is 8.45. The second-order valence-electron chi connectivity index (χ2n) is 2.19. The molecule has 72 valence electrons. The van der Waals surface area contributed by atoms with Crippen LogP contribution in [0.3, 0.4) is 0 Å². The van der Waals surface area contributed by atoms with Gasteiger partial charge in [-0.05, 0) is 0 Å². The largest absolute Gasteiger partial charge is 0.207 e. The van der Waals surface area contributed by atoms with Gasteiger partial charge in [-0.25, -0.2) is 13.2 Å². The van der Waals surface area contributed by atoms with Crippen molar-refractivity contribution < 1.29 is 13.2 Å². The van der Waals surface area contributed by atoms with Crippen molar-refractivity contribution in [2.75, 3.05) is 5.75 Å². The van der Waals surface area contributed by atoms with Crippen molar-refractivity contribution in [3.8, 4) is 0 Å². The fourth-order valence-electron chi connectivity index (χ4n) is 0.726. The average molecular weight is 224 g/mol. The molecule has 0 aromatic heterocycles. The number of benzene rings is 1. The molecule has 0 atom stereocenters. The molecule has 0 N–H and O–H groups in total. The molecule has 0 spiro atoms. The highest BCUT2D eigenvalue weighted by Crippen LogP contribution is 2.34. The molecule has 0 nitrogen and oxygen atoms in total. The minimum Gasteiger partial charge on any atom is -0.207 e. The molecule has 0 saturated carbocycles. The predicted molar refractivity (Wildman–Crippen MR) is 50.3 cm³/mol. The first-order valence-corrected chi connectivity index (χ1v) is 5.91. The molecule has 0 aliphatic carbocycles. The van der Waals surface area contributed by atoms with Gasteiger partial charge in [0.25, 0.3) is 0 Å². The monoisotopic (exact) mass is 224 g/mol. The van der Waals surface area contributed by atoms with Crippen LogP contribution in [-0.4, -0.2) is 5.75 Å². The van der Waals surface area contributed by atoms with E-state index >= 15 is 0 Å². The third-order valence-corrected chi connectivity index (χ3v) is 3.69. The lowest BCUT2D eigenvalue weighted by Crippen LogP contribution is -1.88. The first-order valence-electron chi connectivity index (χ1n) is 3.59. The van der Waals surface area contributed by atoms with Crippen molar-refractivity contribution in [1.29, 1.82) is 0 Å². The molecule has 0 radical (unpaired) electrons. The SMILES string of the molecule is CCSSc1c(F)cc(F)cc1F. The summed E-state index contributed by atoms with van der Waals surface area (Å²) in [6, 6.07) is 1.36. The van der Waals surface area contributed by atoms with E-state index in [0.29, 0.717) is 12.1 Å². The maximum Gasteiger partial charge on any atom is 0.143 e. The van der Waals surface area contributed by atoms with Gasteiger partial charge in [0.15, 0.2) is 0 Å². The Labute approximate surface area is 82.3 Å². The Morgan fingerprint density at radius 2 is 1.69 bits per heavy atom. The molecule has 1 aromatic rings. The van der Waals surface area contributed by atoms with Crippen LogP contribution in [0.15, 0.2) is 17.0 Å². The van der Waals surface area contributed by atoms with Crippen molar-refractivity contribution in [2.45, 2.75) is 11.8 Å². The fraction of sp³-hybridized carbons (Fsp3) is 0.250. The van der Waals surface area contributed by atoms with E-state index < -0.39 is 17.5 Å². The minimum atomic E-state index is -0.888. The van der Waals surface area contributed by atoms with Gasteiger partial charge in [-0.15, -0.1) is 0 Å². The Balaban J connectivity index is 2.92. The summed E-state index contributed by atoms with van der Waals surface area (Å²) in [6.07, 6.45) is 0. The molecule has 0 bridgehead atoms. The summed E-state index contributed by atoms with van der Waals surface area (Å²) in [5.74, 6) is -1.84. The first kappa shape index (κ1) is 10.8. The molecule has 1 aromatic carbocycles. The van der Waals surface area contributed by atoms with Crippen molar-refractivity contribution in [2.24, 2.45) is 0 Å². The smallest absolute Gasteiger partial charge is 0.143 e. The van der Waals surface area contributed by atoms with Gasteiger partial charge in [-0.3, -0.25) is 0 Å². The molecule has 0 heterocycles. The van der Waals surface area contributed by atoms with E-state index in [2.05, 4.69) is 0 Å². The Morgan fingerprint density at radius 1 is 1.15 bits per heavy atom. The Hall–Kier alpha value is -0.290. The molecular formula is C8H7F3S2. The molecule has 0 fully saturated rings. The Morgan fingerprint density at radius 3 is 2.15 bits per heavy atom. The summed E-state index contributed by atoms with van der Waals surface area (Å²) in [7, 11) is 2.29. The van der Waals surface area contributed by atoms with Gasteiger partial charge in [0, 0.05) is 17.9 Å². The van der Waals surface area contributed by atoms with E-state index in [1.807, 2.05) is 6.92 Å². The van der Waals surface area contributed by atoms with Crippen LogP contribution in [-0.2, 0) is 0 Å². The molecule has 0 unspecified atom stereocenters. The summed E-state index contributed by atoms with van der Waals surface area (Å²) < 4.78 is 38.3. The first-order chi connectivity index (χ1) is 6.15. The van der Waals surface area contributed by atoms with Crippen LogP contribution < -0.4 is 0 Å². The predicted octanol–water partition coefficient (Wildman–Crippen LogP) is 3.86. The van der Waals surface area contributed by atoms with Crippen LogP contribution in [0.5, 0.6) is 0 Å². The fourth-order valence-corrected chi connectivity index (χ4v) is 2.42. The van der Waals surface area contributed by atoms with Gasteiger partial charge in [-0.1, -0.05) is 28.5 Å². The van der Waals surface area contributed by atoms with Gasteiger partial charge < -0.3 is 0 Å². The standard InChI is InChI=1S/C8H7F3S2/c1-2-12-13-8-6(10)3-5(9)4-7(8)11/h3-4H,2H2,1H3. The second kappa shape index (κ2) is 4.81. The van der Waals surface area contributed by atoms with Crippen LogP contribution in [0.25, 0.3) is 0 Å². The molecule has 5 heteroatoms. The van der Waals surface area contributed by atoms with E-state index in [1.54, 1.807) is 0 Å². The number of rotatable bonds is 3. The maximum absolute atomic E-state index is 12.9. The lowest BCUT2D eigenvalue weighted by atomic mass is 10.3. The van der Waals surface area contributed by atoms with Gasteiger partial charge in [-0.2, -0.15) is 0 Å². The normalized spacial score (nSPS) is 10.5. The summed E-state index contributed by atoms with van der Waals surface area (Å²) in [6.45, 7) is 1.87. The average Bonchev–Trinajstić information content (AvgIpc) is 2.02. The van der Waals surface area contributed by atoms with Crippen molar-refractivity contribution in [3.05, 3.63) is 29.6 Å². The zero-order valence-electron chi connectivity index (χ0n) is 6.81. The number of hydrogen-bond acceptors (Lipinski definition) is 2. The van der Waals surface area contributed by atoms with E-state index in [9.17, 15) is 13.2 Å². The van der Waals surface area contributed by atoms with Gasteiger partial charge in [0.2, 0.25) is 0 Å². The summed E-state index contributed by atoms with van der Waals surface area (Å²) in [4.78, 5) is -0.131. The molecule has 1 rings (SSSR count). The van der Waals surface area contributed by atoms with E-state index in [0.717, 1.165) is 16.5 Å². The van der Waals surface area contributed by atoms with E-state index in [1.165, 1.54) is 10.8 Å². The van der Waals surface area contributed by atoms with Crippen LogP contribution in [0, 0.1) is 17.5 Å². The molecule has 13 heavy (non-hydrogen) atoms. The molecule has 0 aliphatic rings. The summed E-state index contributed by atoms with van der Waals surface area (Å²) >= 11 is 0. The highest BCUT2D eigenvalue weighted by molar-refractivity contribution is 8.76. The van der Waals surface area contributed by atoms with Crippen molar-refractivity contribution in [3.63, 3.8) is 0 Å².